The minimum atomic E-state index is -0.171. The molecule has 7 nitrogen and oxygen atoms in total. The molecule has 0 radical (unpaired) electrons. The van der Waals surface area contributed by atoms with Crippen LogP contribution in [-0.2, 0) is 9.53 Å². The van der Waals surface area contributed by atoms with Crippen LogP contribution in [0.25, 0.3) is 5.69 Å². The molecular formula is C18H25N5O2S2. The first-order chi connectivity index (χ1) is 12.9. The molecule has 0 aliphatic rings. The maximum atomic E-state index is 12.1. The number of aryl methyl sites for hydroxylation is 1. The van der Waals surface area contributed by atoms with Gasteiger partial charge in [-0.25, -0.2) is 4.68 Å². The number of thioether (sulfide) groups is 1. The van der Waals surface area contributed by atoms with Gasteiger partial charge in [0.25, 0.3) is 0 Å². The zero-order valence-electron chi connectivity index (χ0n) is 15.9. The minimum Gasteiger partial charge on any atom is -0.383 e. The molecule has 0 saturated heterocycles. The Morgan fingerprint density at radius 3 is 2.67 bits per heavy atom. The summed E-state index contributed by atoms with van der Waals surface area (Å²) in [6.07, 6.45) is 0. The Morgan fingerprint density at radius 1 is 1.30 bits per heavy atom. The summed E-state index contributed by atoms with van der Waals surface area (Å²) in [5.74, 6) is 0.0839. The van der Waals surface area contributed by atoms with E-state index < -0.39 is 0 Å². The number of thiocarbonyl (C=S) groups is 1. The molecule has 0 aliphatic heterocycles. The lowest BCUT2D eigenvalue weighted by Gasteiger charge is -2.16. The van der Waals surface area contributed by atoms with Crippen molar-refractivity contribution in [2.24, 2.45) is 0 Å². The van der Waals surface area contributed by atoms with Gasteiger partial charge >= 0.3 is 0 Å². The summed E-state index contributed by atoms with van der Waals surface area (Å²) in [6, 6.07) is 9.98. The fraction of sp³-hybridized carbons (Fsp3) is 0.389. The van der Waals surface area contributed by atoms with Crippen LogP contribution in [0.5, 0.6) is 0 Å². The van der Waals surface area contributed by atoms with E-state index in [1.54, 1.807) is 7.11 Å². The number of para-hydroxylation sites is 1. The summed E-state index contributed by atoms with van der Waals surface area (Å²) >= 11 is 6.58. The number of benzene rings is 1. The maximum absolute atomic E-state index is 12.1. The van der Waals surface area contributed by atoms with Crippen molar-refractivity contribution in [3.05, 3.63) is 41.7 Å². The molecule has 0 bridgehead atoms. The van der Waals surface area contributed by atoms with Crippen molar-refractivity contribution < 1.29 is 9.53 Å². The summed E-state index contributed by atoms with van der Waals surface area (Å²) in [5.41, 5.74) is 8.20. The Labute approximate surface area is 169 Å². The van der Waals surface area contributed by atoms with Crippen molar-refractivity contribution in [1.29, 1.82) is 0 Å². The summed E-state index contributed by atoms with van der Waals surface area (Å²) < 4.78 is 6.92. The average Bonchev–Trinajstić information content (AvgIpc) is 2.93. The second kappa shape index (κ2) is 10.3. The predicted octanol–water partition coefficient (Wildman–Crippen LogP) is 2.11. The molecule has 2 aromatic rings. The summed E-state index contributed by atoms with van der Waals surface area (Å²) in [5, 5.41) is 7.95. The van der Waals surface area contributed by atoms with E-state index >= 15 is 0 Å². The highest BCUT2D eigenvalue weighted by Gasteiger charge is 2.15. The number of aromatic nitrogens is 2. The second-order valence-corrected chi connectivity index (χ2v) is 7.43. The van der Waals surface area contributed by atoms with Gasteiger partial charge in [-0.05, 0) is 45.1 Å². The third kappa shape index (κ3) is 6.23. The molecule has 0 fully saturated rings. The van der Waals surface area contributed by atoms with Gasteiger partial charge in [-0.15, -0.1) is 11.8 Å². The van der Waals surface area contributed by atoms with E-state index in [1.807, 2.05) is 55.8 Å². The van der Waals surface area contributed by atoms with Gasteiger partial charge in [0.1, 0.15) is 0 Å². The molecule has 146 valence electrons. The van der Waals surface area contributed by atoms with Crippen molar-refractivity contribution in [1.82, 2.24) is 25.9 Å². The molecule has 27 heavy (non-hydrogen) atoms. The van der Waals surface area contributed by atoms with Crippen molar-refractivity contribution in [2.75, 3.05) is 19.5 Å². The molecule has 0 unspecified atom stereocenters. The lowest BCUT2D eigenvalue weighted by atomic mass is 10.3. The van der Waals surface area contributed by atoms with Crippen LogP contribution in [0.1, 0.15) is 18.3 Å². The topological polar surface area (TPSA) is 80.2 Å². The minimum absolute atomic E-state index is 0.0513. The fourth-order valence-electron chi connectivity index (χ4n) is 2.51. The Hall–Kier alpha value is -2.10. The number of hydrazine groups is 1. The van der Waals surface area contributed by atoms with E-state index in [2.05, 4.69) is 21.3 Å². The van der Waals surface area contributed by atoms with E-state index in [-0.39, 0.29) is 17.7 Å². The van der Waals surface area contributed by atoms with Gasteiger partial charge in [0.2, 0.25) is 5.91 Å². The number of carbonyl (C=O) groups excluding carboxylic acids is 1. The van der Waals surface area contributed by atoms with Crippen LogP contribution >= 0.6 is 24.0 Å². The lowest BCUT2D eigenvalue weighted by molar-refractivity contribution is -0.119. The number of nitrogens with zero attached hydrogens (tertiary/aromatic N) is 2. The van der Waals surface area contributed by atoms with Crippen LogP contribution in [0.3, 0.4) is 0 Å². The van der Waals surface area contributed by atoms with Crippen LogP contribution in [0, 0.1) is 13.8 Å². The molecular weight excluding hydrogens is 382 g/mol. The van der Waals surface area contributed by atoms with E-state index in [0.717, 1.165) is 22.0 Å². The highest BCUT2D eigenvalue weighted by atomic mass is 32.2. The zero-order valence-corrected chi connectivity index (χ0v) is 17.5. The average molecular weight is 408 g/mol. The maximum Gasteiger partial charge on any atom is 0.248 e. The van der Waals surface area contributed by atoms with Crippen LogP contribution < -0.4 is 16.2 Å². The molecule has 0 aliphatic carbocycles. The standard InChI is InChI=1S/C18H25N5O2S2/c1-12(10-25-4)19-18(26)21-20-16(24)11-27-17-13(2)22-23(14(17)3)15-8-6-5-7-9-15/h5-9,12H,10-11H2,1-4H3,(H,20,24)(H2,19,21,26)/t12-/m0/s1. The van der Waals surface area contributed by atoms with Crippen molar-refractivity contribution in [3.63, 3.8) is 0 Å². The van der Waals surface area contributed by atoms with Crippen LogP contribution in [0.2, 0.25) is 0 Å². The monoisotopic (exact) mass is 407 g/mol. The van der Waals surface area contributed by atoms with Crippen molar-refractivity contribution >= 4 is 35.0 Å². The summed E-state index contributed by atoms with van der Waals surface area (Å²) in [6.45, 7) is 6.41. The number of ether oxygens (including phenoxy) is 1. The quantitative estimate of drug-likeness (QED) is 0.368. The number of amides is 1. The van der Waals surface area contributed by atoms with Crippen molar-refractivity contribution in [3.8, 4) is 5.69 Å². The Balaban J connectivity index is 1.87. The lowest BCUT2D eigenvalue weighted by Crippen LogP contribution is -2.50. The third-order valence-corrected chi connectivity index (χ3v) is 5.19. The van der Waals surface area contributed by atoms with E-state index in [4.69, 9.17) is 17.0 Å². The fourth-order valence-corrected chi connectivity index (χ4v) is 3.65. The van der Waals surface area contributed by atoms with Gasteiger partial charge in [-0.2, -0.15) is 5.10 Å². The van der Waals surface area contributed by atoms with Gasteiger partial charge < -0.3 is 10.1 Å². The second-order valence-electron chi connectivity index (χ2n) is 6.04. The first-order valence-corrected chi connectivity index (χ1v) is 9.90. The number of methoxy groups -OCH3 is 1. The number of hydrogen-bond donors (Lipinski definition) is 3. The van der Waals surface area contributed by atoms with Gasteiger partial charge in [-0.1, -0.05) is 18.2 Å². The van der Waals surface area contributed by atoms with Crippen LogP contribution in [0.15, 0.2) is 35.2 Å². The number of hydrogen-bond acceptors (Lipinski definition) is 5. The van der Waals surface area contributed by atoms with Crippen molar-refractivity contribution in [2.45, 2.75) is 31.7 Å². The van der Waals surface area contributed by atoms with Gasteiger partial charge in [0.05, 0.1) is 34.3 Å². The molecule has 1 atom stereocenters. The first-order valence-electron chi connectivity index (χ1n) is 8.51. The largest absolute Gasteiger partial charge is 0.383 e. The highest BCUT2D eigenvalue weighted by molar-refractivity contribution is 8.00. The molecule has 1 heterocycles. The normalized spacial score (nSPS) is 11.7. The Bertz CT molecular complexity index is 780. The number of carbonyl (C=O) groups is 1. The summed E-state index contributed by atoms with van der Waals surface area (Å²) in [7, 11) is 1.62. The Kier molecular flexibility index (Phi) is 8.08. The van der Waals surface area contributed by atoms with E-state index in [1.165, 1.54) is 11.8 Å². The molecule has 1 amide bonds. The van der Waals surface area contributed by atoms with E-state index in [0.29, 0.717) is 11.7 Å². The molecule has 0 saturated carbocycles. The molecule has 1 aromatic heterocycles. The van der Waals surface area contributed by atoms with Gasteiger partial charge in [-0.3, -0.25) is 15.6 Å². The Morgan fingerprint density at radius 2 is 2.00 bits per heavy atom. The molecule has 9 heteroatoms. The SMILES string of the molecule is COC[C@H](C)NC(=S)NNC(=O)CSc1c(C)nn(-c2ccccc2)c1C. The van der Waals surface area contributed by atoms with Gasteiger partial charge in [0.15, 0.2) is 5.11 Å². The highest BCUT2D eigenvalue weighted by Crippen LogP contribution is 2.27. The van der Waals surface area contributed by atoms with Crippen LogP contribution in [0.4, 0.5) is 0 Å². The van der Waals surface area contributed by atoms with Crippen LogP contribution in [-0.4, -0.2) is 46.3 Å². The number of rotatable bonds is 7. The summed E-state index contributed by atoms with van der Waals surface area (Å²) in [4.78, 5) is 13.1. The molecule has 0 spiro atoms. The first kappa shape index (κ1) is 21.2. The molecule has 1 aromatic carbocycles. The van der Waals surface area contributed by atoms with Gasteiger partial charge in [0, 0.05) is 13.2 Å². The molecule has 3 N–H and O–H groups in total. The third-order valence-electron chi connectivity index (χ3n) is 3.68. The predicted molar refractivity (Wildman–Crippen MR) is 112 cm³/mol. The number of nitrogens with one attached hydrogen (secondary N) is 3. The molecule has 2 rings (SSSR count). The smallest absolute Gasteiger partial charge is 0.248 e. The van der Waals surface area contributed by atoms with E-state index in [9.17, 15) is 4.79 Å². The zero-order chi connectivity index (χ0) is 19.8.